The summed E-state index contributed by atoms with van der Waals surface area (Å²) in [5.41, 5.74) is 3.03. The van der Waals surface area contributed by atoms with Crippen LogP contribution in [0, 0.1) is 0 Å². The van der Waals surface area contributed by atoms with Gasteiger partial charge in [0.1, 0.15) is 11.6 Å². The van der Waals surface area contributed by atoms with Crippen LogP contribution in [0.1, 0.15) is 5.56 Å². The van der Waals surface area contributed by atoms with Crippen molar-refractivity contribution in [3.63, 3.8) is 0 Å². The Morgan fingerprint density at radius 3 is 2.31 bits per heavy atom. The molecule has 136 valence electrons. The fraction of sp³-hybridized carbons (Fsp3) is 0.167. The monoisotopic (exact) mass is 363 g/mol. The predicted octanol–water partition coefficient (Wildman–Crippen LogP) is 4.22. The number of alkyl halides is 3. The molecule has 1 aromatic heterocycles. The Balaban J connectivity index is 1.75. The molecular weight excluding hydrogens is 347 g/mol. The predicted molar refractivity (Wildman–Crippen MR) is 91.0 cm³/mol. The highest BCUT2D eigenvalue weighted by molar-refractivity contribution is 5.66. The van der Waals surface area contributed by atoms with Gasteiger partial charge < -0.3 is 15.2 Å². The number of ether oxygens (including phenoxy) is 1. The summed E-state index contributed by atoms with van der Waals surface area (Å²) >= 11 is 0. The maximum Gasteiger partial charge on any atom is 0.573 e. The van der Waals surface area contributed by atoms with E-state index >= 15 is 0 Å². The zero-order chi connectivity index (χ0) is 18.7. The van der Waals surface area contributed by atoms with E-state index in [1.165, 1.54) is 24.3 Å². The summed E-state index contributed by atoms with van der Waals surface area (Å²) in [5, 5.41) is 16.6. The quantitative estimate of drug-likeness (QED) is 0.713. The van der Waals surface area contributed by atoms with E-state index in [2.05, 4.69) is 15.2 Å². The van der Waals surface area contributed by atoms with Gasteiger partial charge in [0.25, 0.3) is 0 Å². The number of nitrogens with one attached hydrogen (secondary N) is 1. The molecule has 0 radical (unpaired) electrons. The molecular formula is C18H16F3N3O2. The fourth-order valence-corrected chi connectivity index (χ4v) is 2.39. The molecule has 8 heteroatoms. The molecule has 0 saturated heterocycles. The SMILES string of the molecule is Cn1nc(-c2ccc(CO)cc2)cc1Nc1ccc(OC(F)(F)F)cc1. The maximum atomic E-state index is 12.2. The number of rotatable bonds is 5. The molecule has 3 rings (SSSR count). The molecule has 0 atom stereocenters. The molecule has 0 aliphatic rings. The van der Waals surface area contributed by atoms with E-state index < -0.39 is 6.36 Å². The highest BCUT2D eigenvalue weighted by Crippen LogP contribution is 2.27. The van der Waals surface area contributed by atoms with Gasteiger partial charge in [-0.25, -0.2) is 0 Å². The molecule has 0 spiro atoms. The van der Waals surface area contributed by atoms with Crippen LogP contribution in [0.2, 0.25) is 0 Å². The van der Waals surface area contributed by atoms with E-state index in [1.807, 2.05) is 30.3 Å². The number of aliphatic hydroxyl groups is 1. The summed E-state index contributed by atoms with van der Waals surface area (Å²) in [6, 6.07) is 14.6. The summed E-state index contributed by atoms with van der Waals surface area (Å²) in [6.07, 6.45) is -4.71. The number of aromatic nitrogens is 2. The van der Waals surface area contributed by atoms with Crippen LogP contribution in [0.15, 0.2) is 54.6 Å². The second-order valence-electron chi connectivity index (χ2n) is 5.59. The van der Waals surface area contributed by atoms with Gasteiger partial charge in [0.05, 0.1) is 12.3 Å². The van der Waals surface area contributed by atoms with E-state index in [-0.39, 0.29) is 12.4 Å². The van der Waals surface area contributed by atoms with Crippen LogP contribution < -0.4 is 10.1 Å². The highest BCUT2D eigenvalue weighted by Gasteiger charge is 2.30. The maximum absolute atomic E-state index is 12.2. The summed E-state index contributed by atoms with van der Waals surface area (Å²) in [4.78, 5) is 0. The normalized spacial score (nSPS) is 11.4. The summed E-state index contributed by atoms with van der Waals surface area (Å²) in [6.45, 7) is -0.0245. The molecule has 0 aliphatic carbocycles. The molecule has 0 bridgehead atoms. The fourth-order valence-electron chi connectivity index (χ4n) is 2.39. The van der Waals surface area contributed by atoms with Crippen molar-refractivity contribution in [2.45, 2.75) is 13.0 Å². The van der Waals surface area contributed by atoms with E-state index in [4.69, 9.17) is 5.11 Å². The average Bonchev–Trinajstić information content (AvgIpc) is 2.96. The number of aryl methyl sites for hydroxylation is 1. The molecule has 0 saturated carbocycles. The first-order valence-corrected chi connectivity index (χ1v) is 7.71. The van der Waals surface area contributed by atoms with Crippen LogP contribution in [0.5, 0.6) is 5.75 Å². The van der Waals surface area contributed by atoms with Crippen molar-refractivity contribution in [3.8, 4) is 17.0 Å². The Hall–Kier alpha value is -3.00. The van der Waals surface area contributed by atoms with E-state index in [1.54, 1.807) is 11.7 Å². The second kappa shape index (κ2) is 7.09. The number of hydrogen-bond acceptors (Lipinski definition) is 4. The van der Waals surface area contributed by atoms with Crippen LogP contribution in [-0.4, -0.2) is 21.2 Å². The molecule has 5 nitrogen and oxygen atoms in total. The number of nitrogens with zero attached hydrogens (tertiary/aromatic N) is 2. The average molecular weight is 363 g/mol. The third kappa shape index (κ3) is 4.34. The minimum Gasteiger partial charge on any atom is -0.406 e. The summed E-state index contributed by atoms with van der Waals surface area (Å²) < 4.78 is 42.1. The van der Waals surface area contributed by atoms with Gasteiger partial charge in [0, 0.05) is 24.4 Å². The number of benzene rings is 2. The molecule has 1 heterocycles. The second-order valence-corrected chi connectivity index (χ2v) is 5.59. The van der Waals surface area contributed by atoms with Gasteiger partial charge in [0.15, 0.2) is 0 Å². The molecule has 0 amide bonds. The summed E-state index contributed by atoms with van der Waals surface area (Å²) in [5.74, 6) is 0.397. The van der Waals surface area contributed by atoms with Crippen molar-refractivity contribution in [1.29, 1.82) is 0 Å². The third-order valence-electron chi connectivity index (χ3n) is 3.67. The first-order chi connectivity index (χ1) is 12.3. The van der Waals surface area contributed by atoms with Crippen LogP contribution >= 0.6 is 0 Å². The van der Waals surface area contributed by atoms with Crippen molar-refractivity contribution in [1.82, 2.24) is 9.78 Å². The number of halogens is 3. The zero-order valence-electron chi connectivity index (χ0n) is 13.8. The molecule has 2 aromatic carbocycles. The number of anilines is 2. The topological polar surface area (TPSA) is 59.3 Å². The van der Waals surface area contributed by atoms with Crippen molar-refractivity contribution < 1.29 is 23.0 Å². The number of hydrogen-bond donors (Lipinski definition) is 2. The van der Waals surface area contributed by atoms with Crippen molar-refractivity contribution in [3.05, 3.63) is 60.2 Å². The highest BCUT2D eigenvalue weighted by atomic mass is 19.4. The zero-order valence-corrected chi connectivity index (χ0v) is 13.8. The van der Waals surface area contributed by atoms with E-state index in [0.717, 1.165) is 16.8 Å². The van der Waals surface area contributed by atoms with E-state index in [9.17, 15) is 13.2 Å². The molecule has 26 heavy (non-hydrogen) atoms. The van der Waals surface area contributed by atoms with Crippen molar-refractivity contribution in [2.75, 3.05) is 5.32 Å². The molecule has 3 aromatic rings. The Kier molecular flexibility index (Phi) is 4.85. The lowest BCUT2D eigenvalue weighted by Gasteiger charge is -2.10. The minimum atomic E-state index is -4.71. The van der Waals surface area contributed by atoms with Crippen LogP contribution in [0.25, 0.3) is 11.3 Å². The lowest BCUT2D eigenvalue weighted by atomic mass is 10.1. The third-order valence-corrected chi connectivity index (χ3v) is 3.67. The Morgan fingerprint density at radius 1 is 1.08 bits per heavy atom. The standard InChI is InChI=1S/C18H16F3N3O2/c1-24-17(10-16(23-24)13-4-2-12(11-25)3-5-13)22-14-6-8-15(9-7-14)26-18(19,20)21/h2-10,22,25H,11H2,1H3. The summed E-state index contributed by atoms with van der Waals surface area (Å²) in [7, 11) is 1.76. The van der Waals surface area contributed by atoms with Gasteiger partial charge in [-0.2, -0.15) is 5.10 Å². The van der Waals surface area contributed by atoms with Crippen LogP contribution in [0.3, 0.4) is 0 Å². The first kappa shape index (κ1) is 17.8. The Labute approximate surface area is 147 Å². The Morgan fingerprint density at radius 2 is 1.73 bits per heavy atom. The van der Waals surface area contributed by atoms with Gasteiger partial charge in [-0.15, -0.1) is 13.2 Å². The smallest absolute Gasteiger partial charge is 0.406 e. The van der Waals surface area contributed by atoms with E-state index in [0.29, 0.717) is 11.5 Å². The number of aliphatic hydroxyl groups excluding tert-OH is 1. The van der Waals surface area contributed by atoms with Crippen molar-refractivity contribution in [2.24, 2.45) is 7.05 Å². The lowest BCUT2D eigenvalue weighted by Crippen LogP contribution is -2.16. The van der Waals surface area contributed by atoms with Crippen LogP contribution in [-0.2, 0) is 13.7 Å². The van der Waals surface area contributed by atoms with Gasteiger partial charge in [0.2, 0.25) is 0 Å². The lowest BCUT2D eigenvalue weighted by molar-refractivity contribution is -0.274. The molecule has 0 unspecified atom stereocenters. The minimum absolute atomic E-state index is 0.0245. The first-order valence-electron chi connectivity index (χ1n) is 7.71. The molecule has 0 aliphatic heterocycles. The van der Waals surface area contributed by atoms with Crippen LogP contribution in [0.4, 0.5) is 24.7 Å². The Bertz CT molecular complexity index is 872. The van der Waals surface area contributed by atoms with Gasteiger partial charge >= 0.3 is 6.36 Å². The van der Waals surface area contributed by atoms with Crippen molar-refractivity contribution >= 4 is 11.5 Å². The van der Waals surface area contributed by atoms with Gasteiger partial charge in [-0.05, 0) is 29.8 Å². The molecule has 2 N–H and O–H groups in total. The largest absolute Gasteiger partial charge is 0.573 e. The molecule has 0 fully saturated rings. The van der Waals surface area contributed by atoms with Gasteiger partial charge in [-0.1, -0.05) is 24.3 Å². The van der Waals surface area contributed by atoms with Gasteiger partial charge in [-0.3, -0.25) is 4.68 Å².